The Kier molecular flexibility index (Phi) is 4.74. The van der Waals surface area contributed by atoms with Crippen molar-refractivity contribution in [2.45, 2.75) is 19.9 Å². The molecule has 1 atom stereocenters. The van der Waals surface area contributed by atoms with Gasteiger partial charge in [0.2, 0.25) is 0 Å². The summed E-state index contributed by atoms with van der Waals surface area (Å²) >= 11 is 0. The summed E-state index contributed by atoms with van der Waals surface area (Å²) in [6.07, 6.45) is 0. The normalized spacial score (nSPS) is 12.2. The summed E-state index contributed by atoms with van der Waals surface area (Å²) in [7, 11) is 1.63. The minimum atomic E-state index is -0.171. The maximum Gasteiger partial charge on any atom is 0.131 e. The first-order valence-electron chi connectivity index (χ1n) is 6.79. The molecule has 0 aromatic heterocycles. The molecule has 0 spiro atoms. The molecule has 0 fully saturated rings. The van der Waals surface area contributed by atoms with Crippen LogP contribution in [0.1, 0.15) is 29.7 Å². The average Bonchev–Trinajstić information content (AvgIpc) is 2.48. The van der Waals surface area contributed by atoms with Crippen molar-refractivity contribution in [1.82, 2.24) is 5.32 Å². The molecular formula is C17H20FNO. The second kappa shape index (κ2) is 6.53. The second-order valence-corrected chi connectivity index (χ2v) is 4.75. The van der Waals surface area contributed by atoms with Gasteiger partial charge in [-0.25, -0.2) is 4.39 Å². The van der Waals surface area contributed by atoms with Gasteiger partial charge in [0.25, 0.3) is 0 Å². The predicted octanol–water partition coefficient (Wildman–Crippen LogP) is 3.84. The lowest BCUT2D eigenvalue weighted by Gasteiger charge is -2.20. The van der Waals surface area contributed by atoms with E-state index < -0.39 is 0 Å². The summed E-state index contributed by atoms with van der Waals surface area (Å²) in [5.41, 5.74) is 2.32. The zero-order valence-corrected chi connectivity index (χ0v) is 12.1. The van der Waals surface area contributed by atoms with E-state index in [2.05, 4.69) is 5.32 Å². The topological polar surface area (TPSA) is 21.3 Å². The van der Waals surface area contributed by atoms with Crippen molar-refractivity contribution in [3.8, 4) is 5.75 Å². The van der Waals surface area contributed by atoms with E-state index in [1.54, 1.807) is 20.1 Å². The van der Waals surface area contributed by atoms with Crippen LogP contribution >= 0.6 is 0 Å². The van der Waals surface area contributed by atoms with Gasteiger partial charge in [-0.3, -0.25) is 0 Å². The average molecular weight is 273 g/mol. The molecule has 2 aromatic carbocycles. The van der Waals surface area contributed by atoms with Crippen LogP contribution in [-0.2, 0) is 0 Å². The fourth-order valence-corrected chi connectivity index (χ4v) is 2.33. The second-order valence-electron chi connectivity index (χ2n) is 4.75. The van der Waals surface area contributed by atoms with Crippen molar-refractivity contribution in [1.29, 1.82) is 0 Å². The number of hydrogen-bond donors (Lipinski definition) is 1. The molecular weight excluding hydrogens is 253 g/mol. The highest BCUT2D eigenvalue weighted by Crippen LogP contribution is 2.28. The minimum Gasteiger partial charge on any atom is -0.497 e. The molecule has 0 bridgehead atoms. The number of aryl methyl sites for hydroxylation is 1. The van der Waals surface area contributed by atoms with Gasteiger partial charge < -0.3 is 10.1 Å². The third-order valence-electron chi connectivity index (χ3n) is 3.37. The highest BCUT2D eigenvalue weighted by molar-refractivity contribution is 5.38. The highest BCUT2D eigenvalue weighted by atomic mass is 19.1. The zero-order chi connectivity index (χ0) is 14.5. The Labute approximate surface area is 119 Å². The van der Waals surface area contributed by atoms with Gasteiger partial charge in [0.15, 0.2) is 0 Å². The Bertz CT molecular complexity index is 583. The molecule has 106 valence electrons. The van der Waals surface area contributed by atoms with E-state index in [4.69, 9.17) is 4.74 Å². The van der Waals surface area contributed by atoms with Gasteiger partial charge in [-0.05, 0) is 36.7 Å². The van der Waals surface area contributed by atoms with E-state index in [0.717, 1.165) is 17.9 Å². The maximum atomic E-state index is 14.4. The summed E-state index contributed by atoms with van der Waals surface area (Å²) in [6.45, 7) is 4.56. The molecule has 2 rings (SSSR count). The monoisotopic (exact) mass is 273 g/mol. The van der Waals surface area contributed by atoms with Gasteiger partial charge in [0.1, 0.15) is 11.6 Å². The van der Waals surface area contributed by atoms with Crippen LogP contribution in [0.4, 0.5) is 4.39 Å². The van der Waals surface area contributed by atoms with Crippen molar-refractivity contribution < 1.29 is 9.13 Å². The van der Waals surface area contributed by atoms with Crippen LogP contribution in [0, 0.1) is 12.7 Å². The van der Waals surface area contributed by atoms with E-state index in [1.807, 2.05) is 43.3 Å². The fourth-order valence-electron chi connectivity index (χ4n) is 2.33. The standard InChI is InChI=1S/C17H20FNO/c1-4-19-17(13-8-6-9-14(11-13)20-3)15-10-5-7-12(2)16(15)18/h5-11,17,19H,4H2,1-3H3. The van der Waals surface area contributed by atoms with Crippen molar-refractivity contribution in [3.63, 3.8) is 0 Å². The number of ether oxygens (including phenoxy) is 1. The van der Waals surface area contributed by atoms with Crippen LogP contribution in [-0.4, -0.2) is 13.7 Å². The fraction of sp³-hybridized carbons (Fsp3) is 0.294. The van der Waals surface area contributed by atoms with Crippen LogP contribution < -0.4 is 10.1 Å². The van der Waals surface area contributed by atoms with Crippen molar-refractivity contribution in [2.24, 2.45) is 0 Å². The molecule has 1 N–H and O–H groups in total. The smallest absolute Gasteiger partial charge is 0.131 e. The molecule has 2 nitrogen and oxygen atoms in total. The Morgan fingerprint density at radius 3 is 2.65 bits per heavy atom. The van der Waals surface area contributed by atoms with E-state index in [1.165, 1.54) is 0 Å². The van der Waals surface area contributed by atoms with Gasteiger partial charge >= 0.3 is 0 Å². The molecule has 0 aliphatic rings. The van der Waals surface area contributed by atoms with Crippen molar-refractivity contribution in [2.75, 3.05) is 13.7 Å². The van der Waals surface area contributed by atoms with E-state index in [0.29, 0.717) is 11.1 Å². The first-order valence-corrected chi connectivity index (χ1v) is 6.79. The molecule has 0 aliphatic carbocycles. The predicted molar refractivity (Wildman–Crippen MR) is 79.7 cm³/mol. The maximum absolute atomic E-state index is 14.4. The van der Waals surface area contributed by atoms with Gasteiger partial charge in [-0.2, -0.15) is 0 Å². The molecule has 3 heteroatoms. The highest BCUT2D eigenvalue weighted by Gasteiger charge is 2.18. The molecule has 0 heterocycles. The number of methoxy groups -OCH3 is 1. The van der Waals surface area contributed by atoms with E-state index >= 15 is 0 Å². The number of halogens is 1. The molecule has 0 saturated carbocycles. The summed E-state index contributed by atoms with van der Waals surface area (Å²) in [5.74, 6) is 0.625. The van der Waals surface area contributed by atoms with Gasteiger partial charge in [-0.1, -0.05) is 37.3 Å². The number of nitrogens with one attached hydrogen (secondary N) is 1. The minimum absolute atomic E-state index is 0.152. The number of hydrogen-bond acceptors (Lipinski definition) is 2. The Hall–Kier alpha value is -1.87. The Morgan fingerprint density at radius 1 is 1.20 bits per heavy atom. The molecule has 1 unspecified atom stereocenters. The molecule has 2 aromatic rings. The molecule has 0 amide bonds. The molecule has 0 aliphatic heterocycles. The third kappa shape index (κ3) is 2.99. The van der Waals surface area contributed by atoms with Crippen LogP contribution in [0.3, 0.4) is 0 Å². The van der Waals surface area contributed by atoms with E-state index in [9.17, 15) is 4.39 Å². The lowest BCUT2D eigenvalue weighted by molar-refractivity contribution is 0.413. The molecule has 0 saturated heterocycles. The summed E-state index contributed by atoms with van der Waals surface area (Å²) < 4.78 is 19.6. The largest absolute Gasteiger partial charge is 0.497 e. The Morgan fingerprint density at radius 2 is 1.95 bits per heavy atom. The SMILES string of the molecule is CCNC(c1cccc(OC)c1)c1cccc(C)c1F. The number of benzene rings is 2. The Balaban J connectivity index is 2.47. The third-order valence-corrected chi connectivity index (χ3v) is 3.37. The zero-order valence-electron chi connectivity index (χ0n) is 12.1. The summed E-state index contributed by atoms with van der Waals surface area (Å²) in [5, 5.41) is 3.34. The summed E-state index contributed by atoms with van der Waals surface area (Å²) in [6, 6.07) is 13.1. The number of rotatable bonds is 5. The van der Waals surface area contributed by atoms with Gasteiger partial charge in [0, 0.05) is 5.56 Å². The molecule has 20 heavy (non-hydrogen) atoms. The van der Waals surface area contributed by atoms with E-state index in [-0.39, 0.29) is 11.9 Å². The van der Waals surface area contributed by atoms with Crippen LogP contribution in [0.15, 0.2) is 42.5 Å². The van der Waals surface area contributed by atoms with Gasteiger partial charge in [0.05, 0.1) is 13.2 Å². The van der Waals surface area contributed by atoms with Crippen LogP contribution in [0.2, 0.25) is 0 Å². The van der Waals surface area contributed by atoms with Gasteiger partial charge in [-0.15, -0.1) is 0 Å². The first-order chi connectivity index (χ1) is 9.67. The van der Waals surface area contributed by atoms with Crippen molar-refractivity contribution >= 4 is 0 Å². The lowest BCUT2D eigenvalue weighted by Crippen LogP contribution is -2.23. The van der Waals surface area contributed by atoms with Crippen LogP contribution in [0.25, 0.3) is 0 Å². The molecule has 0 radical (unpaired) electrons. The summed E-state index contributed by atoms with van der Waals surface area (Å²) in [4.78, 5) is 0. The first kappa shape index (κ1) is 14.5. The van der Waals surface area contributed by atoms with Crippen LogP contribution in [0.5, 0.6) is 5.75 Å². The lowest BCUT2D eigenvalue weighted by atomic mass is 9.96. The quantitative estimate of drug-likeness (QED) is 0.893. The van der Waals surface area contributed by atoms with Crippen molar-refractivity contribution in [3.05, 3.63) is 65.0 Å².